The summed E-state index contributed by atoms with van der Waals surface area (Å²) in [6, 6.07) is 71.1. The van der Waals surface area contributed by atoms with Crippen LogP contribution in [-0.2, 0) is 12.8 Å². The summed E-state index contributed by atoms with van der Waals surface area (Å²) in [5.74, 6) is 0.596. The van der Waals surface area contributed by atoms with Crippen LogP contribution in [0.4, 0.5) is 0 Å². The van der Waals surface area contributed by atoms with Crippen LogP contribution in [0.3, 0.4) is 0 Å². The third-order valence-corrected chi connectivity index (χ3v) is 11.6. The number of hydrogen-bond donors (Lipinski definition) is 0. The number of aryl methyl sites for hydroxylation is 1. The molecule has 54 heavy (non-hydrogen) atoms. The van der Waals surface area contributed by atoms with E-state index in [1.54, 1.807) is 0 Å². The highest BCUT2D eigenvalue weighted by atomic mass is 16.3. The second-order valence-electron chi connectivity index (χ2n) is 14.8. The van der Waals surface area contributed by atoms with Gasteiger partial charge in [0.2, 0.25) is 0 Å². The summed E-state index contributed by atoms with van der Waals surface area (Å²) in [5, 5.41) is 2.31. The summed E-state index contributed by atoms with van der Waals surface area (Å²) in [7, 11) is 0. The Labute approximate surface area is 317 Å². The van der Waals surface area contributed by atoms with Crippen molar-refractivity contribution in [2.75, 3.05) is 0 Å². The van der Waals surface area contributed by atoms with Crippen molar-refractivity contribution in [3.8, 4) is 33.4 Å². The van der Waals surface area contributed by atoms with Crippen LogP contribution >= 0.6 is 0 Å². The van der Waals surface area contributed by atoms with Crippen LogP contribution in [0.5, 0.6) is 0 Å². The van der Waals surface area contributed by atoms with Crippen molar-refractivity contribution in [2.24, 2.45) is 0 Å². The molecule has 0 bridgehead atoms. The molecule has 2 atom stereocenters. The third kappa shape index (κ3) is 6.02. The molecule has 1 aliphatic rings. The Morgan fingerprint density at radius 2 is 1.00 bits per heavy atom. The average Bonchev–Trinajstić information content (AvgIpc) is 3.62. The summed E-state index contributed by atoms with van der Waals surface area (Å²) in [6.45, 7) is 0. The zero-order valence-electron chi connectivity index (χ0n) is 30.2. The van der Waals surface area contributed by atoms with Crippen LogP contribution in [0.1, 0.15) is 51.6 Å². The lowest BCUT2D eigenvalue weighted by Crippen LogP contribution is -2.12. The summed E-state index contributed by atoms with van der Waals surface area (Å²) >= 11 is 0. The summed E-state index contributed by atoms with van der Waals surface area (Å²) in [6.07, 6.45) is 3.33. The van der Waals surface area contributed by atoms with Gasteiger partial charge in [-0.15, -0.1) is 0 Å². The van der Waals surface area contributed by atoms with Gasteiger partial charge in [0, 0.05) is 16.7 Å². The number of fused-ring (bicyclic) bond motifs is 6. The zero-order chi connectivity index (χ0) is 35.8. The Balaban J connectivity index is 0.917. The van der Waals surface area contributed by atoms with E-state index < -0.39 is 0 Å². The van der Waals surface area contributed by atoms with Gasteiger partial charge in [-0.05, 0) is 104 Å². The number of para-hydroxylation sites is 1. The molecular weight excluding hydrogens is 653 g/mol. The van der Waals surface area contributed by atoms with Gasteiger partial charge in [0.1, 0.15) is 11.2 Å². The predicted molar refractivity (Wildman–Crippen MR) is 225 cm³/mol. The molecule has 0 N–H and O–H groups in total. The molecule has 2 unspecified atom stereocenters. The van der Waals surface area contributed by atoms with E-state index in [-0.39, 0.29) is 5.92 Å². The van der Waals surface area contributed by atoms with E-state index in [2.05, 4.69) is 188 Å². The van der Waals surface area contributed by atoms with Gasteiger partial charge in [-0.3, -0.25) is 0 Å². The highest BCUT2D eigenvalue weighted by molar-refractivity contribution is 6.05. The Bertz CT molecular complexity index is 2720. The predicted octanol–water partition coefficient (Wildman–Crippen LogP) is 14.0. The molecule has 0 fully saturated rings. The van der Waals surface area contributed by atoms with Crippen molar-refractivity contribution in [2.45, 2.75) is 31.1 Å². The molecule has 258 valence electrons. The van der Waals surface area contributed by atoms with Crippen molar-refractivity contribution in [3.63, 3.8) is 0 Å². The molecule has 0 amide bonds. The van der Waals surface area contributed by atoms with Crippen molar-refractivity contribution in [1.82, 2.24) is 0 Å². The van der Waals surface area contributed by atoms with Crippen molar-refractivity contribution >= 4 is 21.9 Å². The second kappa shape index (κ2) is 13.8. The first-order chi connectivity index (χ1) is 26.7. The van der Waals surface area contributed by atoms with E-state index in [1.807, 2.05) is 6.07 Å². The molecule has 8 aromatic carbocycles. The third-order valence-electron chi connectivity index (χ3n) is 11.6. The number of hydrogen-bond acceptors (Lipinski definition) is 1. The van der Waals surface area contributed by atoms with Gasteiger partial charge in [-0.1, -0.05) is 182 Å². The normalized spacial score (nSPS) is 14.1. The van der Waals surface area contributed by atoms with Gasteiger partial charge in [0.05, 0.1) is 0 Å². The van der Waals surface area contributed by atoms with E-state index in [9.17, 15) is 0 Å². The number of furan rings is 1. The largest absolute Gasteiger partial charge is 0.456 e. The Kier molecular flexibility index (Phi) is 8.26. The second-order valence-corrected chi connectivity index (χ2v) is 14.8. The highest BCUT2D eigenvalue weighted by Gasteiger charge is 2.24. The highest BCUT2D eigenvalue weighted by Crippen LogP contribution is 2.42. The number of rotatable bonds is 8. The minimum absolute atomic E-state index is 0.0562. The minimum Gasteiger partial charge on any atom is -0.456 e. The minimum atomic E-state index is 0.0562. The fraction of sp³-hybridized carbons (Fsp3) is 0.0943. The molecule has 0 radical (unpaired) electrons. The average molecular weight is 693 g/mol. The molecule has 1 heteroatoms. The number of benzene rings is 8. The van der Waals surface area contributed by atoms with Crippen LogP contribution in [0, 0.1) is 0 Å². The van der Waals surface area contributed by atoms with E-state index in [1.165, 1.54) is 66.8 Å². The monoisotopic (exact) mass is 692 g/mol. The molecule has 1 aliphatic carbocycles. The van der Waals surface area contributed by atoms with Gasteiger partial charge in [-0.25, -0.2) is 0 Å². The summed E-state index contributed by atoms with van der Waals surface area (Å²) in [5.41, 5.74) is 17.7. The molecule has 0 saturated heterocycles. The summed E-state index contributed by atoms with van der Waals surface area (Å²) < 4.78 is 6.36. The van der Waals surface area contributed by atoms with Crippen molar-refractivity contribution < 1.29 is 4.42 Å². The van der Waals surface area contributed by atoms with Gasteiger partial charge >= 0.3 is 0 Å². The quantitative estimate of drug-likeness (QED) is 0.145. The van der Waals surface area contributed by atoms with E-state index in [0.717, 1.165) is 41.2 Å². The van der Waals surface area contributed by atoms with Crippen LogP contribution in [0.2, 0.25) is 0 Å². The van der Waals surface area contributed by atoms with Crippen LogP contribution < -0.4 is 0 Å². The molecule has 10 rings (SSSR count). The maximum absolute atomic E-state index is 6.36. The zero-order valence-corrected chi connectivity index (χ0v) is 30.2. The first-order valence-electron chi connectivity index (χ1n) is 19.2. The molecule has 0 aliphatic heterocycles. The van der Waals surface area contributed by atoms with Crippen molar-refractivity contribution in [3.05, 3.63) is 228 Å². The van der Waals surface area contributed by atoms with E-state index >= 15 is 0 Å². The molecular formula is C53H40O. The lowest BCUT2D eigenvalue weighted by Gasteiger charge is -2.28. The SMILES string of the molecule is c1ccc(-c2ccc(C(c3ccc(-c4ccc(CCC5Cc6ccccc6-c6ccccc65)cc4)cc3)c3ccc4c(c3)oc3ccccc34)cc2)cc1. The Hall–Kier alpha value is -6.44. The van der Waals surface area contributed by atoms with Crippen LogP contribution in [-0.4, -0.2) is 0 Å². The molecule has 1 heterocycles. The van der Waals surface area contributed by atoms with Crippen LogP contribution in [0.15, 0.2) is 199 Å². The Morgan fingerprint density at radius 1 is 0.444 bits per heavy atom. The first kappa shape index (κ1) is 32.2. The van der Waals surface area contributed by atoms with Gasteiger partial charge in [0.25, 0.3) is 0 Å². The molecule has 0 saturated carbocycles. The smallest absolute Gasteiger partial charge is 0.135 e. The molecule has 1 aromatic heterocycles. The topological polar surface area (TPSA) is 13.1 Å². The van der Waals surface area contributed by atoms with Crippen LogP contribution in [0.25, 0.3) is 55.3 Å². The molecule has 0 spiro atoms. The van der Waals surface area contributed by atoms with Gasteiger partial charge in [0.15, 0.2) is 0 Å². The maximum atomic E-state index is 6.36. The van der Waals surface area contributed by atoms with E-state index in [0.29, 0.717) is 5.92 Å². The van der Waals surface area contributed by atoms with Crippen molar-refractivity contribution in [1.29, 1.82) is 0 Å². The maximum Gasteiger partial charge on any atom is 0.135 e. The molecule has 9 aromatic rings. The van der Waals surface area contributed by atoms with Gasteiger partial charge < -0.3 is 4.42 Å². The fourth-order valence-electron chi connectivity index (χ4n) is 8.76. The van der Waals surface area contributed by atoms with E-state index in [4.69, 9.17) is 4.42 Å². The Morgan fingerprint density at radius 3 is 1.74 bits per heavy atom. The molecule has 1 nitrogen and oxygen atoms in total. The lowest BCUT2D eigenvalue weighted by molar-refractivity contribution is 0.616. The van der Waals surface area contributed by atoms with Gasteiger partial charge in [-0.2, -0.15) is 0 Å². The standard InChI is InChI=1S/C53H40O/c1-2-10-37(11-3-1)39-24-28-41(29-25-39)53(45-32-33-50-49-16-8-9-17-51(49)54-52(50)35-45)42-30-26-40(27-31-42)38-21-18-36(19-22-38)20-23-44-34-43-12-4-5-13-46(43)48-15-7-6-14-47(44)48/h1-19,21-22,24-33,35,44,53H,20,23,34H2. The summed E-state index contributed by atoms with van der Waals surface area (Å²) in [4.78, 5) is 0. The fourth-order valence-corrected chi connectivity index (χ4v) is 8.76. The lowest BCUT2D eigenvalue weighted by atomic mass is 9.76. The first-order valence-corrected chi connectivity index (χ1v) is 19.2.